The van der Waals surface area contributed by atoms with E-state index in [1.54, 1.807) is 11.1 Å². The van der Waals surface area contributed by atoms with E-state index in [4.69, 9.17) is 0 Å². The normalized spacial score (nSPS) is 25.5. The quantitative estimate of drug-likeness (QED) is 0.230. The molecule has 0 radical (unpaired) electrons. The lowest BCUT2D eigenvalue weighted by molar-refractivity contribution is 0.307. The monoisotopic (exact) mass is 551 g/mol. The van der Waals surface area contributed by atoms with Crippen LogP contribution in [0, 0.1) is 23.7 Å². The summed E-state index contributed by atoms with van der Waals surface area (Å²) in [4.78, 5) is 0. The molecular weight excluding hydrogens is 518 g/mol. The molecule has 4 atom stereocenters. The second-order valence-electron chi connectivity index (χ2n) is 13.4. The highest BCUT2D eigenvalue weighted by molar-refractivity contribution is 5.97. The van der Waals surface area contributed by atoms with Gasteiger partial charge in [-0.3, -0.25) is 0 Å². The van der Waals surface area contributed by atoms with Crippen LogP contribution in [0.5, 0.6) is 0 Å². The average Bonchev–Trinajstić information content (AvgIpc) is 3.87. The molecule has 0 aliphatic heterocycles. The van der Waals surface area contributed by atoms with Crippen LogP contribution in [-0.4, -0.2) is 0 Å². The van der Waals surface area contributed by atoms with Gasteiger partial charge >= 0.3 is 0 Å². The van der Waals surface area contributed by atoms with Crippen LogP contribution in [0.1, 0.15) is 30.4 Å². The Morgan fingerprint density at radius 3 is 1.98 bits per heavy atom. The molecule has 4 saturated carbocycles. The molecule has 43 heavy (non-hydrogen) atoms. The molecule has 1 nitrogen and oxygen atoms in total. The molecule has 11 rings (SSSR count). The van der Waals surface area contributed by atoms with Gasteiger partial charge in [0.2, 0.25) is 0 Å². The van der Waals surface area contributed by atoms with E-state index >= 15 is 0 Å². The van der Waals surface area contributed by atoms with Crippen molar-refractivity contribution in [2.45, 2.75) is 24.7 Å². The molecule has 4 unspecified atom stereocenters. The van der Waals surface area contributed by atoms with Crippen molar-refractivity contribution < 1.29 is 0 Å². The molecule has 5 aliphatic carbocycles. The maximum atomic E-state index is 3.80. The highest BCUT2D eigenvalue weighted by Gasteiger charge is 2.70. The lowest BCUT2D eigenvalue weighted by atomic mass is 9.66. The van der Waals surface area contributed by atoms with E-state index in [0.717, 1.165) is 29.4 Å². The molecule has 6 aromatic rings. The highest BCUT2D eigenvalue weighted by atomic mass is 14.9. The second kappa shape index (κ2) is 8.71. The van der Waals surface area contributed by atoms with Gasteiger partial charge in [-0.05, 0) is 122 Å². The Morgan fingerprint density at radius 2 is 1.16 bits per heavy atom. The zero-order chi connectivity index (χ0) is 28.1. The van der Waals surface area contributed by atoms with Gasteiger partial charge in [-0.15, -0.1) is 0 Å². The minimum Gasteiger partial charge on any atom is -0.356 e. The summed E-state index contributed by atoms with van der Waals surface area (Å²) >= 11 is 0. The summed E-state index contributed by atoms with van der Waals surface area (Å²) in [5.41, 5.74) is 13.9. The van der Waals surface area contributed by atoms with Crippen LogP contribution in [0.15, 0.2) is 133 Å². The largest absolute Gasteiger partial charge is 0.356 e. The fourth-order valence-corrected chi connectivity index (χ4v) is 10.2. The maximum Gasteiger partial charge on any atom is 0.0387 e. The van der Waals surface area contributed by atoms with Crippen molar-refractivity contribution >= 4 is 22.1 Å². The summed E-state index contributed by atoms with van der Waals surface area (Å²) in [5.74, 6) is 3.35. The number of fused-ring (bicyclic) bond motifs is 4. The van der Waals surface area contributed by atoms with Gasteiger partial charge in [-0.2, -0.15) is 0 Å². The summed E-state index contributed by atoms with van der Waals surface area (Å²) in [7, 11) is 0. The Labute approximate surface area is 253 Å². The minimum atomic E-state index is 0.180. The second-order valence-corrected chi connectivity index (χ2v) is 13.4. The van der Waals surface area contributed by atoms with Gasteiger partial charge < -0.3 is 5.32 Å². The van der Waals surface area contributed by atoms with Crippen molar-refractivity contribution in [1.29, 1.82) is 0 Å². The van der Waals surface area contributed by atoms with Crippen LogP contribution in [0.4, 0.5) is 11.4 Å². The minimum absolute atomic E-state index is 0.180. The van der Waals surface area contributed by atoms with Crippen LogP contribution in [0.25, 0.3) is 44.2 Å². The van der Waals surface area contributed by atoms with Gasteiger partial charge in [0.25, 0.3) is 0 Å². The molecule has 1 spiro atoms. The van der Waals surface area contributed by atoms with Gasteiger partial charge in [0.15, 0.2) is 0 Å². The lowest BCUT2D eigenvalue weighted by Crippen LogP contribution is -2.34. The fraction of sp³-hybridized carbons (Fsp3) is 0.190. The first kappa shape index (κ1) is 23.9. The van der Waals surface area contributed by atoms with Crippen molar-refractivity contribution in [2.24, 2.45) is 23.7 Å². The van der Waals surface area contributed by atoms with Gasteiger partial charge in [-0.1, -0.05) is 109 Å². The number of anilines is 2. The summed E-state index contributed by atoms with van der Waals surface area (Å²) < 4.78 is 0. The van der Waals surface area contributed by atoms with Crippen molar-refractivity contribution in [3.05, 3.63) is 145 Å². The van der Waals surface area contributed by atoms with Gasteiger partial charge in [0, 0.05) is 16.8 Å². The average molecular weight is 552 g/mol. The molecule has 0 aromatic heterocycles. The zero-order valence-electron chi connectivity index (χ0n) is 24.1. The number of benzene rings is 6. The Balaban J connectivity index is 1.06. The Kier molecular flexibility index (Phi) is 4.84. The van der Waals surface area contributed by atoms with Gasteiger partial charge in [-0.25, -0.2) is 0 Å². The molecule has 0 heterocycles. The summed E-state index contributed by atoms with van der Waals surface area (Å²) in [6.07, 6.45) is 4.29. The molecule has 0 saturated heterocycles. The predicted molar refractivity (Wildman–Crippen MR) is 179 cm³/mol. The molecule has 4 fully saturated rings. The maximum absolute atomic E-state index is 3.80. The predicted octanol–water partition coefficient (Wildman–Crippen LogP) is 10.9. The van der Waals surface area contributed by atoms with Crippen LogP contribution in [-0.2, 0) is 5.41 Å². The van der Waals surface area contributed by atoms with Crippen molar-refractivity contribution in [3.8, 4) is 33.4 Å². The number of hydrogen-bond acceptors (Lipinski definition) is 1. The topological polar surface area (TPSA) is 12.0 Å². The molecule has 1 heteroatoms. The van der Waals surface area contributed by atoms with Crippen LogP contribution >= 0.6 is 0 Å². The number of hydrogen-bond donors (Lipinski definition) is 1. The number of nitrogens with one attached hydrogen (secondary N) is 1. The lowest BCUT2D eigenvalue weighted by Gasteiger charge is -2.37. The van der Waals surface area contributed by atoms with Gasteiger partial charge in [0.05, 0.1) is 0 Å². The van der Waals surface area contributed by atoms with E-state index in [-0.39, 0.29) is 5.41 Å². The van der Waals surface area contributed by atoms with E-state index in [0.29, 0.717) is 0 Å². The van der Waals surface area contributed by atoms with E-state index in [9.17, 15) is 0 Å². The van der Waals surface area contributed by atoms with E-state index < -0.39 is 0 Å². The third-order valence-electron chi connectivity index (χ3n) is 11.6. The summed E-state index contributed by atoms with van der Waals surface area (Å²) in [6.45, 7) is 0. The fourth-order valence-electron chi connectivity index (χ4n) is 10.2. The molecule has 4 bridgehead atoms. The van der Waals surface area contributed by atoms with Crippen LogP contribution in [0.2, 0.25) is 0 Å². The van der Waals surface area contributed by atoms with E-state index in [1.807, 2.05) is 0 Å². The molecule has 6 aromatic carbocycles. The zero-order valence-corrected chi connectivity index (χ0v) is 24.1. The van der Waals surface area contributed by atoms with Crippen LogP contribution < -0.4 is 5.32 Å². The first-order valence-corrected chi connectivity index (χ1v) is 16.0. The Bertz CT molecular complexity index is 2030. The third kappa shape index (κ3) is 3.18. The molecule has 206 valence electrons. The SMILES string of the molecule is c1ccc(-c2cccc3c2-c2ccc(Nc4ccc(-c5cccc6ccccc56)cc4)cc2C32C3CC4CC3CC42)cc1. The van der Waals surface area contributed by atoms with E-state index in [1.165, 1.54) is 69.1 Å². The third-order valence-corrected chi connectivity index (χ3v) is 11.6. The molecule has 5 aliphatic rings. The van der Waals surface area contributed by atoms with Crippen molar-refractivity contribution in [2.75, 3.05) is 5.32 Å². The Hall–Kier alpha value is -4.62. The number of rotatable bonds is 4. The first-order valence-electron chi connectivity index (χ1n) is 16.0. The summed E-state index contributed by atoms with van der Waals surface area (Å²) in [5, 5.41) is 6.38. The van der Waals surface area contributed by atoms with Crippen molar-refractivity contribution in [1.82, 2.24) is 0 Å². The highest BCUT2D eigenvalue weighted by Crippen LogP contribution is 2.77. The smallest absolute Gasteiger partial charge is 0.0387 e. The first-order chi connectivity index (χ1) is 21.3. The van der Waals surface area contributed by atoms with Gasteiger partial charge in [0.1, 0.15) is 0 Å². The summed E-state index contributed by atoms with van der Waals surface area (Å²) in [6, 6.07) is 49.6. The molecule has 0 amide bonds. The Morgan fingerprint density at radius 1 is 0.488 bits per heavy atom. The van der Waals surface area contributed by atoms with E-state index in [2.05, 4.69) is 139 Å². The molecule has 1 N–H and O–H groups in total. The molecular formula is C42H33N. The van der Waals surface area contributed by atoms with Crippen LogP contribution in [0.3, 0.4) is 0 Å². The standard InChI is InChI=1S/C42H33N/c1-2-8-27(9-3-1)35-14-7-15-37-41(35)36-21-20-32(25-40(36)42(37)38-23-29-22-30(38)24-39(29)42)43-31-18-16-28(17-19-31)34-13-6-11-26-10-4-5-12-33(26)34/h1-21,25,29-30,38-39,43H,22-24H2. The van der Waals surface area contributed by atoms with Crippen molar-refractivity contribution in [3.63, 3.8) is 0 Å².